The Balaban J connectivity index is 1.90. The third-order valence-electron chi connectivity index (χ3n) is 3.31. The van der Waals surface area contributed by atoms with Crippen LogP contribution >= 0.6 is 23.5 Å². The number of hydrogen-bond acceptors (Lipinski definition) is 4. The van der Waals surface area contributed by atoms with Crippen molar-refractivity contribution in [3.63, 3.8) is 0 Å². The second-order valence-corrected chi connectivity index (χ2v) is 6.35. The van der Waals surface area contributed by atoms with Crippen LogP contribution in [0.4, 0.5) is 0 Å². The summed E-state index contributed by atoms with van der Waals surface area (Å²) in [6.07, 6.45) is 1.65. The molecule has 0 spiro atoms. The molecule has 0 saturated carbocycles. The zero-order chi connectivity index (χ0) is 16.4. The average Bonchev–Trinajstić information content (AvgIpc) is 2.81. The molecule has 0 bridgehead atoms. The van der Waals surface area contributed by atoms with Gasteiger partial charge in [-0.1, -0.05) is 29.8 Å². The summed E-state index contributed by atoms with van der Waals surface area (Å²) in [6, 6.07) is 14.0. The maximum atomic E-state index is 12.6. The van der Waals surface area contributed by atoms with Crippen molar-refractivity contribution in [3.8, 4) is 0 Å². The molecular formula is C17H13ClN2O2S. The van der Waals surface area contributed by atoms with Gasteiger partial charge in [0, 0.05) is 16.5 Å². The minimum atomic E-state index is -0.325. The van der Waals surface area contributed by atoms with Crippen LogP contribution in [0.2, 0.25) is 5.02 Å². The minimum Gasteiger partial charge on any atom is -0.267 e. The first-order valence-electron chi connectivity index (χ1n) is 6.91. The van der Waals surface area contributed by atoms with E-state index < -0.39 is 0 Å². The lowest BCUT2D eigenvalue weighted by Crippen LogP contribution is -2.42. The van der Waals surface area contributed by atoms with Gasteiger partial charge in [0.2, 0.25) is 0 Å². The van der Waals surface area contributed by atoms with E-state index in [9.17, 15) is 9.59 Å². The van der Waals surface area contributed by atoms with E-state index >= 15 is 0 Å². The highest BCUT2D eigenvalue weighted by molar-refractivity contribution is 7.97. The van der Waals surface area contributed by atoms with Crippen LogP contribution < -0.4 is 0 Å². The molecule has 0 aliphatic carbocycles. The number of imide groups is 1. The summed E-state index contributed by atoms with van der Waals surface area (Å²) in [4.78, 5) is 26.0. The highest BCUT2D eigenvalue weighted by atomic mass is 35.5. The van der Waals surface area contributed by atoms with E-state index in [1.807, 2.05) is 12.1 Å². The minimum absolute atomic E-state index is 0.325. The van der Waals surface area contributed by atoms with E-state index in [4.69, 9.17) is 11.6 Å². The average molecular weight is 345 g/mol. The van der Waals surface area contributed by atoms with Crippen LogP contribution in [0.5, 0.6) is 0 Å². The highest BCUT2D eigenvalue weighted by Gasteiger charge is 2.39. The zero-order valence-corrected chi connectivity index (χ0v) is 13.7. The van der Waals surface area contributed by atoms with Gasteiger partial charge in [-0.05, 0) is 48.3 Å². The Kier molecular flexibility index (Phi) is 4.52. The predicted octanol–water partition coefficient (Wildman–Crippen LogP) is 4.05. The predicted molar refractivity (Wildman–Crippen MR) is 91.2 cm³/mol. The van der Waals surface area contributed by atoms with Crippen molar-refractivity contribution in [3.05, 3.63) is 77.3 Å². The van der Waals surface area contributed by atoms with E-state index in [1.165, 1.54) is 11.9 Å². The van der Waals surface area contributed by atoms with Crippen LogP contribution in [0.3, 0.4) is 0 Å². The van der Waals surface area contributed by atoms with E-state index in [0.29, 0.717) is 22.7 Å². The lowest BCUT2D eigenvalue weighted by Gasteiger charge is -2.27. The molecule has 0 saturated heterocycles. The van der Waals surface area contributed by atoms with Crippen molar-refractivity contribution in [2.75, 3.05) is 6.54 Å². The third-order valence-corrected chi connectivity index (χ3v) is 4.56. The SMILES string of the molecule is C=CCN(Sc1ccc(Cl)cc1)N1C(=O)c2ccccc2C1=O. The Morgan fingerprint density at radius 3 is 2.13 bits per heavy atom. The number of nitrogens with zero attached hydrogens (tertiary/aromatic N) is 2. The molecule has 0 fully saturated rings. The van der Waals surface area contributed by atoms with Crippen LogP contribution in [0.15, 0.2) is 66.1 Å². The normalized spacial score (nSPS) is 13.6. The number of rotatable bonds is 5. The first kappa shape index (κ1) is 15.8. The van der Waals surface area contributed by atoms with Crippen molar-refractivity contribution in [2.24, 2.45) is 0 Å². The topological polar surface area (TPSA) is 40.6 Å². The second-order valence-electron chi connectivity index (χ2n) is 4.84. The molecule has 23 heavy (non-hydrogen) atoms. The largest absolute Gasteiger partial charge is 0.277 e. The fourth-order valence-corrected chi connectivity index (χ4v) is 3.30. The summed E-state index contributed by atoms with van der Waals surface area (Å²) >= 11 is 7.17. The number of hydrazine groups is 1. The van der Waals surface area contributed by atoms with Gasteiger partial charge in [0.1, 0.15) is 0 Å². The molecule has 0 aromatic heterocycles. The number of carbonyl (C=O) groups excluding carboxylic acids is 2. The molecule has 0 radical (unpaired) electrons. The number of carbonyl (C=O) groups is 2. The zero-order valence-electron chi connectivity index (χ0n) is 12.1. The quantitative estimate of drug-likeness (QED) is 0.466. The fraction of sp³-hybridized carbons (Fsp3) is 0.0588. The number of fused-ring (bicyclic) bond motifs is 1. The molecule has 2 amide bonds. The lowest BCUT2D eigenvalue weighted by molar-refractivity contribution is 0.0390. The Hall–Kier alpha value is -2.08. The van der Waals surface area contributed by atoms with Crippen LogP contribution in [0.1, 0.15) is 20.7 Å². The lowest BCUT2D eigenvalue weighted by atomic mass is 10.1. The van der Waals surface area contributed by atoms with Crippen LogP contribution in [0.25, 0.3) is 0 Å². The summed E-state index contributed by atoms with van der Waals surface area (Å²) in [5.74, 6) is -0.650. The number of amides is 2. The van der Waals surface area contributed by atoms with Gasteiger partial charge in [0.25, 0.3) is 11.8 Å². The van der Waals surface area contributed by atoms with Crippen molar-refractivity contribution >= 4 is 35.4 Å². The molecule has 0 atom stereocenters. The summed E-state index contributed by atoms with van der Waals surface area (Å²) < 4.78 is 1.60. The molecule has 2 aromatic carbocycles. The van der Waals surface area contributed by atoms with Gasteiger partial charge in [-0.25, -0.2) is 0 Å². The highest BCUT2D eigenvalue weighted by Crippen LogP contribution is 2.31. The van der Waals surface area contributed by atoms with Gasteiger partial charge in [0.05, 0.1) is 11.1 Å². The van der Waals surface area contributed by atoms with E-state index in [-0.39, 0.29) is 11.8 Å². The molecule has 1 heterocycles. The third kappa shape index (κ3) is 3.03. The molecule has 1 aliphatic heterocycles. The molecule has 1 aliphatic rings. The van der Waals surface area contributed by atoms with Gasteiger partial charge in [-0.15, -0.1) is 11.0 Å². The van der Waals surface area contributed by atoms with Gasteiger partial charge >= 0.3 is 0 Å². The molecule has 2 aromatic rings. The Morgan fingerprint density at radius 2 is 1.61 bits per heavy atom. The van der Waals surface area contributed by atoms with Crippen molar-refractivity contribution in [2.45, 2.75) is 4.90 Å². The Morgan fingerprint density at radius 1 is 1.04 bits per heavy atom. The van der Waals surface area contributed by atoms with Gasteiger partial charge in [0.15, 0.2) is 0 Å². The number of halogens is 1. The van der Waals surface area contributed by atoms with Crippen LogP contribution in [-0.2, 0) is 0 Å². The molecular weight excluding hydrogens is 332 g/mol. The maximum absolute atomic E-state index is 12.6. The second kappa shape index (κ2) is 6.58. The molecule has 116 valence electrons. The number of benzene rings is 2. The first-order valence-corrected chi connectivity index (χ1v) is 8.06. The smallest absolute Gasteiger partial charge is 0.267 e. The molecule has 0 N–H and O–H groups in total. The fourth-order valence-electron chi connectivity index (χ4n) is 2.27. The molecule has 6 heteroatoms. The van der Waals surface area contributed by atoms with E-state index in [1.54, 1.807) is 46.9 Å². The Labute approximate surface area is 143 Å². The standard InChI is InChI=1S/C17H13ClN2O2S/c1-2-11-19(23-13-9-7-12(18)8-10-13)20-16(21)14-5-3-4-6-15(14)17(20)22/h2-10H,1,11H2. The van der Waals surface area contributed by atoms with Crippen LogP contribution in [0, 0.1) is 0 Å². The Bertz CT molecular complexity index is 741. The van der Waals surface area contributed by atoms with Gasteiger partial charge in [-0.3, -0.25) is 9.59 Å². The summed E-state index contributed by atoms with van der Waals surface area (Å²) in [5.41, 5.74) is 0.839. The first-order chi connectivity index (χ1) is 11.1. The van der Waals surface area contributed by atoms with E-state index in [2.05, 4.69) is 6.58 Å². The molecule has 0 unspecified atom stereocenters. The summed E-state index contributed by atoms with van der Waals surface area (Å²) in [6.45, 7) is 4.05. The summed E-state index contributed by atoms with van der Waals surface area (Å²) in [5, 5.41) is 1.79. The van der Waals surface area contributed by atoms with Crippen molar-refractivity contribution < 1.29 is 9.59 Å². The van der Waals surface area contributed by atoms with E-state index in [0.717, 1.165) is 9.90 Å². The molecule has 3 rings (SSSR count). The van der Waals surface area contributed by atoms with Crippen molar-refractivity contribution in [1.29, 1.82) is 0 Å². The maximum Gasteiger partial charge on any atom is 0.277 e. The summed E-state index contributed by atoms with van der Waals surface area (Å²) in [7, 11) is 0. The number of hydrogen-bond donors (Lipinski definition) is 0. The van der Waals surface area contributed by atoms with Gasteiger partial charge < -0.3 is 0 Å². The van der Waals surface area contributed by atoms with Crippen LogP contribution in [-0.4, -0.2) is 27.8 Å². The van der Waals surface area contributed by atoms with Crippen molar-refractivity contribution in [1.82, 2.24) is 9.42 Å². The van der Waals surface area contributed by atoms with Gasteiger partial charge in [-0.2, -0.15) is 5.01 Å². The molecule has 4 nitrogen and oxygen atoms in total. The monoisotopic (exact) mass is 344 g/mol.